The minimum Gasteiger partial charge on any atom is -0.481 e. The van der Waals surface area contributed by atoms with Crippen LogP contribution in [0.15, 0.2) is 0 Å². The second-order valence-electron chi connectivity index (χ2n) is 5.16. The third-order valence-corrected chi connectivity index (χ3v) is 3.62. The number of methoxy groups -OCH3 is 1. The molecule has 19 heavy (non-hydrogen) atoms. The van der Waals surface area contributed by atoms with E-state index in [9.17, 15) is 14.7 Å². The van der Waals surface area contributed by atoms with Crippen molar-refractivity contribution in [1.29, 1.82) is 0 Å². The van der Waals surface area contributed by atoms with Crippen LogP contribution >= 0.6 is 0 Å². The number of rotatable bonds is 6. The zero-order chi connectivity index (χ0) is 14.4. The first-order valence-electron chi connectivity index (χ1n) is 6.62. The topological polar surface area (TPSA) is 87.1 Å². The van der Waals surface area contributed by atoms with E-state index in [0.717, 1.165) is 12.8 Å². The third-order valence-electron chi connectivity index (χ3n) is 3.62. The smallest absolute Gasteiger partial charge is 0.307 e. The van der Waals surface area contributed by atoms with Gasteiger partial charge in [0, 0.05) is 20.7 Å². The van der Waals surface area contributed by atoms with Gasteiger partial charge >= 0.3 is 5.97 Å². The molecule has 0 aromatic rings. The lowest BCUT2D eigenvalue weighted by Gasteiger charge is -2.31. The molecule has 1 amide bonds. The molecule has 0 heterocycles. The number of carbonyl (C=O) groups is 2. The molecule has 0 saturated heterocycles. The van der Waals surface area contributed by atoms with Gasteiger partial charge in [-0.3, -0.25) is 9.59 Å². The van der Waals surface area contributed by atoms with E-state index in [1.54, 1.807) is 7.05 Å². The monoisotopic (exact) mass is 273 g/mol. The molecule has 3 atom stereocenters. The molecule has 1 rings (SSSR count). The number of hydrogen-bond donors (Lipinski definition) is 2. The Morgan fingerprint density at radius 3 is 2.42 bits per heavy atom. The van der Waals surface area contributed by atoms with Crippen molar-refractivity contribution in [3.63, 3.8) is 0 Å². The number of nitrogens with zero attached hydrogens (tertiary/aromatic N) is 1. The highest BCUT2D eigenvalue weighted by molar-refractivity contribution is 5.84. The van der Waals surface area contributed by atoms with E-state index < -0.39 is 23.9 Å². The molecule has 1 saturated carbocycles. The van der Waals surface area contributed by atoms with Crippen LogP contribution < -0.4 is 0 Å². The Labute approximate surface area is 113 Å². The number of aliphatic hydroxyl groups excluding tert-OH is 1. The first-order chi connectivity index (χ1) is 8.97. The van der Waals surface area contributed by atoms with Crippen molar-refractivity contribution in [1.82, 2.24) is 4.90 Å². The number of aliphatic carboxylic acids is 1. The van der Waals surface area contributed by atoms with Gasteiger partial charge in [0.25, 0.3) is 0 Å². The number of ether oxygens (including phenoxy) is 1. The molecule has 1 aliphatic rings. The molecule has 0 aromatic carbocycles. The maximum Gasteiger partial charge on any atom is 0.307 e. The Bertz CT molecular complexity index is 320. The molecule has 2 N–H and O–H groups in total. The minimum absolute atomic E-state index is 0.157. The van der Waals surface area contributed by atoms with Crippen molar-refractivity contribution < 1.29 is 24.5 Å². The van der Waals surface area contributed by atoms with Crippen LogP contribution in [0, 0.1) is 11.8 Å². The average molecular weight is 273 g/mol. The van der Waals surface area contributed by atoms with E-state index in [2.05, 4.69) is 0 Å². The number of carbonyl (C=O) groups excluding carboxylic acids is 1. The molecule has 1 unspecified atom stereocenters. The number of carboxylic acids is 1. The molecular formula is C13H23NO5. The predicted molar refractivity (Wildman–Crippen MR) is 68.6 cm³/mol. The highest BCUT2D eigenvalue weighted by Gasteiger charge is 2.37. The van der Waals surface area contributed by atoms with Crippen molar-refractivity contribution in [2.45, 2.75) is 31.8 Å². The summed E-state index contributed by atoms with van der Waals surface area (Å²) in [6.07, 6.45) is 2.16. The van der Waals surface area contributed by atoms with Crippen LogP contribution in [0.3, 0.4) is 0 Å². The van der Waals surface area contributed by atoms with E-state index in [1.165, 1.54) is 12.0 Å². The highest BCUT2D eigenvalue weighted by atomic mass is 16.5. The summed E-state index contributed by atoms with van der Waals surface area (Å²) in [6.45, 7) is 0.320. The number of likely N-dealkylation sites (N-methyl/N-ethyl adjacent to an activating group) is 1. The minimum atomic E-state index is -0.899. The Morgan fingerprint density at radius 2 is 1.89 bits per heavy atom. The SMILES string of the molecule is COCC(O)CN(C)C(=O)[C@@H]1CCCC[C@@H]1C(=O)O. The quantitative estimate of drug-likeness (QED) is 0.729. The van der Waals surface area contributed by atoms with Crippen LogP contribution in [0.1, 0.15) is 25.7 Å². The number of amides is 1. The fourth-order valence-electron chi connectivity index (χ4n) is 2.66. The van der Waals surface area contributed by atoms with E-state index in [-0.39, 0.29) is 19.1 Å². The Balaban J connectivity index is 2.60. The van der Waals surface area contributed by atoms with Gasteiger partial charge in [-0.1, -0.05) is 12.8 Å². The van der Waals surface area contributed by atoms with Crippen LogP contribution in [-0.4, -0.2) is 60.4 Å². The lowest BCUT2D eigenvalue weighted by molar-refractivity contribution is -0.152. The van der Waals surface area contributed by atoms with Gasteiger partial charge in [-0.25, -0.2) is 0 Å². The third kappa shape index (κ3) is 4.47. The molecule has 0 aliphatic heterocycles. The Kier molecular flexibility index (Phi) is 6.24. The van der Waals surface area contributed by atoms with Gasteiger partial charge in [0.15, 0.2) is 0 Å². The van der Waals surface area contributed by atoms with Gasteiger partial charge in [0.2, 0.25) is 5.91 Å². The van der Waals surface area contributed by atoms with E-state index >= 15 is 0 Å². The predicted octanol–water partition coefficient (Wildman–Crippen LogP) is 0.343. The molecule has 0 aromatic heterocycles. The summed E-state index contributed by atoms with van der Waals surface area (Å²) in [4.78, 5) is 24.9. The van der Waals surface area contributed by atoms with Gasteiger partial charge in [0.05, 0.1) is 24.5 Å². The van der Waals surface area contributed by atoms with Crippen molar-refractivity contribution in [2.24, 2.45) is 11.8 Å². The number of hydrogen-bond acceptors (Lipinski definition) is 4. The summed E-state index contributed by atoms with van der Waals surface area (Å²) in [6, 6.07) is 0. The van der Waals surface area contributed by atoms with Crippen LogP contribution in [-0.2, 0) is 14.3 Å². The van der Waals surface area contributed by atoms with Crippen LogP contribution in [0.4, 0.5) is 0 Å². The normalized spacial score (nSPS) is 24.8. The molecule has 1 fully saturated rings. The van der Waals surface area contributed by atoms with E-state index in [0.29, 0.717) is 12.8 Å². The second kappa shape index (κ2) is 7.45. The van der Waals surface area contributed by atoms with Crippen molar-refractivity contribution in [3.8, 4) is 0 Å². The summed E-state index contributed by atoms with van der Waals surface area (Å²) >= 11 is 0. The first-order valence-corrected chi connectivity index (χ1v) is 6.62. The molecule has 110 valence electrons. The van der Waals surface area contributed by atoms with Crippen molar-refractivity contribution >= 4 is 11.9 Å². The first kappa shape index (κ1) is 15.9. The van der Waals surface area contributed by atoms with Gasteiger partial charge < -0.3 is 19.8 Å². The lowest BCUT2D eigenvalue weighted by Crippen LogP contribution is -2.44. The zero-order valence-corrected chi connectivity index (χ0v) is 11.5. The molecule has 0 bridgehead atoms. The summed E-state index contributed by atoms with van der Waals surface area (Å²) in [5, 5.41) is 18.8. The fourth-order valence-corrected chi connectivity index (χ4v) is 2.66. The van der Waals surface area contributed by atoms with Gasteiger partial charge in [-0.15, -0.1) is 0 Å². The van der Waals surface area contributed by atoms with E-state index in [1.807, 2.05) is 0 Å². The number of aliphatic hydroxyl groups is 1. The maximum absolute atomic E-state index is 12.3. The maximum atomic E-state index is 12.3. The molecule has 6 heteroatoms. The molecule has 0 radical (unpaired) electrons. The van der Waals surface area contributed by atoms with Crippen LogP contribution in [0.25, 0.3) is 0 Å². The zero-order valence-electron chi connectivity index (χ0n) is 11.5. The Morgan fingerprint density at radius 1 is 1.32 bits per heavy atom. The second-order valence-corrected chi connectivity index (χ2v) is 5.16. The van der Waals surface area contributed by atoms with Crippen LogP contribution in [0.2, 0.25) is 0 Å². The molecular weight excluding hydrogens is 250 g/mol. The van der Waals surface area contributed by atoms with Crippen molar-refractivity contribution in [2.75, 3.05) is 27.3 Å². The van der Waals surface area contributed by atoms with Crippen LogP contribution in [0.5, 0.6) is 0 Å². The summed E-state index contributed by atoms with van der Waals surface area (Å²) in [7, 11) is 3.07. The average Bonchev–Trinajstić information content (AvgIpc) is 2.37. The summed E-state index contributed by atoms with van der Waals surface area (Å²) in [5.74, 6) is -2.15. The van der Waals surface area contributed by atoms with Crippen molar-refractivity contribution in [3.05, 3.63) is 0 Å². The largest absolute Gasteiger partial charge is 0.481 e. The summed E-state index contributed by atoms with van der Waals surface area (Å²) in [5.41, 5.74) is 0. The fraction of sp³-hybridized carbons (Fsp3) is 0.846. The number of carboxylic acid groups (broad SMARTS) is 1. The van der Waals surface area contributed by atoms with Gasteiger partial charge in [-0.05, 0) is 12.8 Å². The molecule has 1 aliphatic carbocycles. The van der Waals surface area contributed by atoms with Gasteiger partial charge in [-0.2, -0.15) is 0 Å². The summed E-state index contributed by atoms with van der Waals surface area (Å²) < 4.78 is 4.81. The molecule has 0 spiro atoms. The van der Waals surface area contributed by atoms with Gasteiger partial charge in [0.1, 0.15) is 0 Å². The highest BCUT2D eigenvalue weighted by Crippen LogP contribution is 2.31. The Hall–Kier alpha value is -1.14. The van der Waals surface area contributed by atoms with E-state index in [4.69, 9.17) is 9.84 Å². The molecule has 6 nitrogen and oxygen atoms in total. The standard InChI is InChI=1S/C13H23NO5/c1-14(7-9(15)8-19-2)12(16)10-5-3-4-6-11(10)13(17)18/h9-11,15H,3-8H2,1-2H3,(H,17,18)/t9?,10-,11+/m1/s1. The lowest BCUT2D eigenvalue weighted by atomic mass is 9.78.